The van der Waals surface area contributed by atoms with E-state index in [0.717, 1.165) is 5.75 Å². The minimum Gasteiger partial charge on any atom is -0.394 e. The molecule has 0 radical (unpaired) electrons. The number of carbonyl (C=O) groups excluding carboxylic acids is 1. The molecule has 0 bridgehead atoms. The molecule has 0 atom stereocenters. The van der Waals surface area contributed by atoms with Crippen molar-refractivity contribution in [2.24, 2.45) is 0 Å². The Hall–Kier alpha value is -0.560. The molecule has 0 aliphatic rings. The molecule has 0 spiro atoms. The average Bonchev–Trinajstić information content (AvgIpc) is 2.79. The van der Waals surface area contributed by atoms with Crippen LogP contribution >= 0.6 is 23.1 Å². The highest BCUT2D eigenvalue weighted by molar-refractivity contribution is 7.99. The Morgan fingerprint density at radius 3 is 2.81 bits per heavy atom. The third kappa shape index (κ3) is 4.98. The fraction of sp³-hybridized carbons (Fsp3) is 0.500. The predicted octanol–water partition coefficient (Wildman–Crippen LogP) is 0.451. The Morgan fingerprint density at radius 1 is 1.50 bits per heavy atom. The van der Waals surface area contributed by atoms with Gasteiger partial charge in [-0.3, -0.25) is 4.79 Å². The van der Waals surface area contributed by atoms with Crippen LogP contribution in [0.4, 0.5) is 0 Å². The molecule has 1 rings (SSSR count). The average molecular weight is 261 g/mol. The standard InChI is InChI=1S/C10H15NO3S2/c12-4-8(5-13)11-10(14)7-15-6-9-2-1-3-16-9/h1-3,8,12-13H,4-7H2,(H,11,14). The number of hydrogen-bond acceptors (Lipinski definition) is 5. The van der Waals surface area contributed by atoms with Gasteiger partial charge in [0, 0.05) is 10.6 Å². The van der Waals surface area contributed by atoms with Gasteiger partial charge in [0.15, 0.2) is 0 Å². The second kappa shape index (κ2) is 7.67. The van der Waals surface area contributed by atoms with Crippen LogP contribution in [0.25, 0.3) is 0 Å². The van der Waals surface area contributed by atoms with Crippen LogP contribution in [0.2, 0.25) is 0 Å². The van der Waals surface area contributed by atoms with E-state index in [9.17, 15) is 4.79 Å². The lowest BCUT2D eigenvalue weighted by Crippen LogP contribution is -2.40. The van der Waals surface area contributed by atoms with Gasteiger partial charge in [0.1, 0.15) is 0 Å². The summed E-state index contributed by atoms with van der Waals surface area (Å²) >= 11 is 3.18. The van der Waals surface area contributed by atoms with Crippen molar-refractivity contribution >= 4 is 29.0 Å². The van der Waals surface area contributed by atoms with Crippen LogP contribution in [0.1, 0.15) is 4.88 Å². The lowest BCUT2D eigenvalue weighted by molar-refractivity contribution is -0.119. The van der Waals surface area contributed by atoms with E-state index in [0.29, 0.717) is 5.75 Å². The molecule has 0 saturated carbocycles. The molecule has 0 aromatic carbocycles. The maximum Gasteiger partial charge on any atom is 0.230 e. The molecule has 6 heteroatoms. The van der Waals surface area contributed by atoms with Crippen molar-refractivity contribution in [2.45, 2.75) is 11.8 Å². The Kier molecular flexibility index (Phi) is 6.47. The number of aliphatic hydroxyl groups excluding tert-OH is 2. The van der Waals surface area contributed by atoms with Crippen LogP contribution in [0, 0.1) is 0 Å². The van der Waals surface area contributed by atoms with Gasteiger partial charge in [0.25, 0.3) is 0 Å². The number of thiophene rings is 1. The van der Waals surface area contributed by atoms with E-state index < -0.39 is 6.04 Å². The van der Waals surface area contributed by atoms with Crippen LogP contribution in [0.15, 0.2) is 17.5 Å². The quantitative estimate of drug-likeness (QED) is 0.666. The second-order valence-corrected chi connectivity index (χ2v) is 5.22. The largest absolute Gasteiger partial charge is 0.394 e. The molecular formula is C10H15NO3S2. The van der Waals surface area contributed by atoms with Gasteiger partial charge >= 0.3 is 0 Å². The summed E-state index contributed by atoms with van der Waals surface area (Å²) in [5.74, 6) is 0.997. The van der Waals surface area contributed by atoms with E-state index in [1.807, 2.05) is 17.5 Å². The third-order valence-electron chi connectivity index (χ3n) is 1.86. The zero-order chi connectivity index (χ0) is 11.8. The molecule has 0 aliphatic carbocycles. The number of nitrogens with one attached hydrogen (secondary N) is 1. The Labute approximate surface area is 103 Å². The molecule has 1 amide bonds. The van der Waals surface area contributed by atoms with Crippen molar-refractivity contribution < 1.29 is 15.0 Å². The molecule has 3 N–H and O–H groups in total. The molecular weight excluding hydrogens is 246 g/mol. The number of rotatable bonds is 7. The Bertz CT molecular complexity index is 299. The zero-order valence-electron chi connectivity index (χ0n) is 8.76. The fourth-order valence-electron chi connectivity index (χ4n) is 1.06. The highest BCUT2D eigenvalue weighted by Crippen LogP contribution is 2.16. The molecule has 16 heavy (non-hydrogen) atoms. The first kappa shape index (κ1) is 13.5. The summed E-state index contributed by atoms with van der Waals surface area (Å²) in [6, 6.07) is 3.46. The monoisotopic (exact) mass is 261 g/mol. The topological polar surface area (TPSA) is 69.6 Å². The van der Waals surface area contributed by atoms with E-state index >= 15 is 0 Å². The number of carbonyl (C=O) groups is 1. The van der Waals surface area contributed by atoms with E-state index in [1.165, 1.54) is 16.6 Å². The molecule has 0 aliphatic heterocycles. The highest BCUT2D eigenvalue weighted by atomic mass is 32.2. The van der Waals surface area contributed by atoms with Crippen molar-refractivity contribution in [1.82, 2.24) is 5.32 Å². The van der Waals surface area contributed by atoms with Crippen molar-refractivity contribution in [2.75, 3.05) is 19.0 Å². The normalized spacial score (nSPS) is 10.7. The molecule has 1 aromatic heterocycles. The first-order valence-corrected chi connectivity index (χ1v) is 6.91. The van der Waals surface area contributed by atoms with E-state index in [1.54, 1.807) is 11.3 Å². The van der Waals surface area contributed by atoms with Crippen LogP contribution in [0.5, 0.6) is 0 Å². The lowest BCUT2D eigenvalue weighted by Gasteiger charge is -2.12. The van der Waals surface area contributed by atoms with Gasteiger partial charge in [-0.25, -0.2) is 0 Å². The van der Waals surface area contributed by atoms with Crippen LogP contribution in [-0.4, -0.2) is 41.1 Å². The minimum absolute atomic E-state index is 0.158. The van der Waals surface area contributed by atoms with Gasteiger partial charge in [0.2, 0.25) is 5.91 Å². The van der Waals surface area contributed by atoms with Crippen LogP contribution in [0.3, 0.4) is 0 Å². The summed E-state index contributed by atoms with van der Waals surface area (Å²) in [5, 5.41) is 22.1. The van der Waals surface area contributed by atoms with Gasteiger partial charge in [-0.2, -0.15) is 0 Å². The van der Waals surface area contributed by atoms with Gasteiger partial charge in [0.05, 0.1) is 25.0 Å². The maximum atomic E-state index is 11.3. The van der Waals surface area contributed by atoms with E-state index in [2.05, 4.69) is 5.32 Å². The third-order valence-corrected chi connectivity index (χ3v) is 3.90. The van der Waals surface area contributed by atoms with Gasteiger partial charge in [-0.05, 0) is 11.4 Å². The smallest absolute Gasteiger partial charge is 0.230 e. The van der Waals surface area contributed by atoms with E-state index in [-0.39, 0.29) is 19.1 Å². The zero-order valence-corrected chi connectivity index (χ0v) is 10.4. The molecule has 0 fully saturated rings. The Balaban J connectivity index is 2.15. The number of thioether (sulfide) groups is 1. The van der Waals surface area contributed by atoms with Crippen molar-refractivity contribution in [3.8, 4) is 0 Å². The van der Waals surface area contributed by atoms with Gasteiger partial charge in [-0.15, -0.1) is 23.1 Å². The van der Waals surface area contributed by atoms with Crippen LogP contribution in [-0.2, 0) is 10.5 Å². The summed E-state index contributed by atoms with van der Waals surface area (Å²) < 4.78 is 0. The van der Waals surface area contributed by atoms with Crippen molar-refractivity contribution in [3.05, 3.63) is 22.4 Å². The summed E-state index contributed by atoms with van der Waals surface area (Å²) in [4.78, 5) is 12.6. The molecule has 1 aromatic rings. The molecule has 1 heterocycles. The van der Waals surface area contributed by atoms with Crippen molar-refractivity contribution in [3.63, 3.8) is 0 Å². The first-order chi connectivity index (χ1) is 7.76. The number of aliphatic hydroxyl groups is 2. The Morgan fingerprint density at radius 2 is 2.25 bits per heavy atom. The van der Waals surface area contributed by atoms with Gasteiger partial charge in [-0.1, -0.05) is 6.07 Å². The molecule has 0 unspecified atom stereocenters. The molecule has 0 saturated heterocycles. The van der Waals surface area contributed by atoms with E-state index in [4.69, 9.17) is 10.2 Å². The van der Waals surface area contributed by atoms with Crippen LogP contribution < -0.4 is 5.32 Å². The molecule has 90 valence electrons. The second-order valence-electron chi connectivity index (χ2n) is 3.20. The number of amides is 1. The first-order valence-electron chi connectivity index (χ1n) is 4.87. The lowest BCUT2D eigenvalue weighted by atomic mass is 10.3. The fourth-order valence-corrected chi connectivity index (χ4v) is 2.74. The van der Waals surface area contributed by atoms with Gasteiger partial charge < -0.3 is 15.5 Å². The number of hydrogen-bond donors (Lipinski definition) is 3. The highest BCUT2D eigenvalue weighted by Gasteiger charge is 2.09. The summed E-state index contributed by atoms with van der Waals surface area (Å²) in [6.45, 7) is -0.477. The summed E-state index contributed by atoms with van der Waals surface area (Å²) in [7, 11) is 0. The predicted molar refractivity (Wildman–Crippen MR) is 66.6 cm³/mol. The summed E-state index contributed by atoms with van der Waals surface area (Å²) in [5.41, 5.74) is 0. The summed E-state index contributed by atoms with van der Waals surface area (Å²) in [6.07, 6.45) is 0. The maximum absolute atomic E-state index is 11.3. The SMILES string of the molecule is O=C(CSCc1cccs1)NC(CO)CO. The minimum atomic E-state index is -0.546. The molecule has 4 nitrogen and oxygen atoms in total. The van der Waals surface area contributed by atoms with Crippen molar-refractivity contribution in [1.29, 1.82) is 0 Å².